The van der Waals surface area contributed by atoms with Gasteiger partial charge in [0.05, 0.1) is 26.1 Å². The molecular weight excluding hydrogens is 600 g/mol. The quantitative estimate of drug-likeness (QED) is 0.0631. The molecule has 2 unspecified atom stereocenters. The first-order chi connectivity index (χ1) is 19.7. The molecule has 0 aromatic heterocycles. The van der Waals surface area contributed by atoms with Crippen molar-refractivity contribution in [2.24, 2.45) is 0 Å². The standard InChI is InChI=1S/C26H46O14S2/c1-3-5-7-9-11-13-15-39-25(29)21(41(31,32)33)19-23(27)37-17-18-38-24(28)20-22(42(34,35)36)26(30)40-16-14-12-10-8-6-4-2/h21-22H,3-20H2,1-2H3,(H,31,32,33)(H,34,35,36). The van der Waals surface area contributed by atoms with Crippen LogP contribution < -0.4 is 0 Å². The average molecular weight is 647 g/mol. The van der Waals surface area contributed by atoms with Crippen LogP contribution >= 0.6 is 0 Å². The molecule has 246 valence electrons. The second kappa shape index (κ2) is 22.3. The molecule has 42 heavy (non-hydrogen) atoms. The Morgan fingerprint density at radius 3 is 1.12 bits per heavy atom. The van der Waals surface area contributed by atoms with Gasteiger partial charge in [0.15, 0.2) is 10.5 Å². The number of ether oxygens (including phenoxy) is 4. The van der Waals surface area contributed by atoms with Crippen molar-refractivity contribution in [3.63, 3.8) is 0 Å². The minimum atomic E-state index is -4.99. The Bertz CT molecular complexity index is 942. The molecular formula is C26H46O14S2. The minimum absolute atomic E-state index is 0.0842. The van der Waals surface area contributed by atoms with Crippen molar-refractivity contribution >= 4 is 44.1 Å². The lowest BCUT2D eigenvalue weighted by molar-refractivity contribution is -0.155. The number of carbonyl (C=O) groups is 4. The predicted octanol–water partition coefficient (Wildman–Crippen LogP) is 3.17. The molecule has 2 atom stereocenters. The highest BCUT2D eigenvalue weighted by atomic mass is 32.2. The molecule has 0 fully saturated rings. The number of rotatable bonds is 25. The molecule has 0 aromatic rings. The van der Waals surface area contributed by atoms with Gasteiger partial charge in [0.25, 0.3) is 20.2 Å². The highest BCUT2D eigenvalue weighted by molar-refractivity contribution is 7.87. The van der Waals surface area contributed by atoms with Gasteiger partial charge >= 0.3 is 23.9 Å². The second-order valence-corrected chi connectivity index (χ2v) is 12.9. The van der Waals surface area contributed by atoms with E-state index in [2.05, 4.69) is 13.8 Å². The van der Waals surface area contributed by atoms with Crippen molar-refractivity contribution in [1.82, 2.24) is 0 Å². The first-order valence-electron chi connectivity index (χ1n) is 14.3. The van der Waals surface area contributed by atoms with Crippen LogP contribution in [-0.4, -0.2) is 86.7 Å². The zero-order chi connectivity index (χ0) is 32.0. The van der Waals surface area contributed by atoms with Gasteiger partial charge in [-0.1, -0.05) is 78.1 Å². The van der Waals surface area contributed by atoms with E-state index in [9.17, 15) is 45.1 Å². The van der Waals surface area contributed by atoms with Gasteiger partial charge in [-0.2, -0.15) is 16.8 Å². The van der Waals surface area contributed by atoms with E-state index in [0.29, 0.717) is 12.8 Å². The van der Waals surface area contributed by atoms with Crippen molar-refractivity contribution in [2.75, 3.05) is 26.4 Å². The minimum Gasteiger partial charge on any atom is -0.465 e. The summed E-state index contributed by atoms with van der Waals surface area (Å²) in [6.07, 6.45) is 8.53. The van der Waals surface area contributed by atoms with E-state index in [4.69, 9.17) is 18.9 Å². The normalized spacial score (nSPS) is 13.1. The third-order valence-electron chi connectivity index (χ3n) is 6.04. The van der Waals surface area contributed by atoms with Gasteiger partial charge < -0.3 is 18.9 Å². The van der Waals surface area contributed by atoms with Crippen LogP contribution in [0.3, 0.4) is 0 Å². The van der Waals surface area contributed by atoms with Gasteiger partial charge in [-0.15, -0.1) is 0 Å². The third kappa shape index (κ3) is 19.8. The summed E-state index contributed by atoms with van der Waals surface area (Å²) < 4.78 is 84.1. The predicted molar refractivity (Wildman–Crippen MR) is 150 cm³/mol. The Kier molecular flexibility index (Phi) is 21.0. The highest BCUT2D eigenvalue weighted by Gasteiger charge is 2.36. The summed E-state index contributed by atoms with van der Waals surface area (Å²) in [5.74, 6) is -5.07. The number of esters is 4. The van der Waals surface area contributed by atoms with E-state index in [1.54, 1.807) is 0 Å². The summed E-state index contributed by atoms with van der Waals surface area (Å²) in [4.78, 5) is 48.2. The summed E-state index contributed by atoms with van der Waals surface area (Å²) in [6.45, 7) is 2.73. The van der Waals surface area contributed by atoms with E-state index in [-0.39, 0.29) is 13.2 Å². The molecule has 0 aliphatic rings. The first-order valence-corrected chi connectivity index (χ1v) is 17.3. The van der Waals surface area contributed by atoms with Crippen LogP contribution in [0.15, 0.2) is 0 Å². The second-order valence-electron chi connectivity index (χ2n) is 9.73. The molecule has 0 bridgehead atoms. The fourth-order valence-corrected chi connectivity index (χ4v) is 4.96. The fraction of sp³-hybridized carbons (Fsp3) is 0.846. The summed E-state index contributed by atoms with van der Waals surface area (Å²) >= 11 is 0. The van der Waals surface area contributed by atoms with E-state index < -0.39 is 80.7 Å². The Hall–Kier alpha value is -2.30. The zero-order valence-corrected chi connectivity index (χ0v) is 26.1. The van der Waals surface area contributed by atoms with Gasteiger partial charge in [0.2, 0.25) is 0 Å². The summed E-state index contributed by atoms with van der Waals surface area (Å²) in [5.41, 5.74) is 0. The van der Waals surface area contributed by atoms with Gasteiger partial charge in [-0.3, -0.25) is 28.3 Å². The molecule has 0 spiro atoms. The van der Waals surface area contributed by atoms with E-state index in [1.165, 1.54) is 0 Å². The molecule has 0 radical (unpaired) electrons. The topological polar surface area (TPSA) is 214 Å². The molecule has 16 heteroatoms. The molecule has 0 aliphatic heterocycles. The lowest BCUT2D eigenvalue weighted by atomic mass is 10.1. The molecule has 0 aliphatic carbocycles. The van der Waals surface area contributed by atoms with Crippen LogP contribution in [0.2, 0.25) is 0 Å². The summed E-state index contributed by atoms with van der Waals surface area (Å²) in [6, 6.07) is 0. The number of hydrogen-bond donors (Lipinski definition) is 2. The average Bonchev–Trinajstić information content (AvgIpc) is 2.90. The fourth-order valence-electron chi connectivity index (χ4n) is 3.65. The maximum Gasteiger partial charge on any atom is 0.327 e. The Morgan fingerprint density at radius 2 is 0.810 bits per heavy atom. The van der Waals surface area contributed by atoms with Crippen LogP contribution in [0.5, 0.6) is 0 Å². The van der Waals surface area contributed by atoms with Crippen molar-refractivity contribution in [2.45, 2.75) is 114 Å². The van der Waals surface area contributed by atoms with Crippen molar-refractivity contribution in [3.05, 3.63) is 0 Å². The molecule has 2 N–H and O–H groups in total. The molecule has 0 heterocycles. The molecule has 0 amide bonds. The number of unbranched alkanes of at least 4 members (excludes halogenated alkanes) is 10. The molecule has 14 nitrogen and oxygen atoms in total. The highest BCUT2D eigenvalue weighted by Crippen LogP contribution is 2.12. The lowest BCUT2D eigenvalue weighted by Gasteiger charge is -2.14. The van der Waals surface area contributed by atoms with Crippen LogP contribution in [0.1, 0.15) is 104 Å². The van der Waals surface area contributed by atoms with Crippen LogP contribution in [0.25, 0.3) is 0 Å². The smallest absolute Gasteiger partial charge is 0.327 e. The molecule has 0 saturated carbocycles. The zero-order valence-electron chi connectivity index (χ0n) is 24.5. The van der Waals surface area contributed by atoms with Crippen LogP contribution in [-0.2, 0) is 58.4 Å². The van der Waals surface area contributed by atoms with E-state index >= 15 is 0 Å². The van der Waals surface area contributed by atoms with Gasteiger partial charge in [0, 0.05) is 0 Å². The van der Waals surface area contributed by atoms with E-state index in [0.717, 1.165) is 64.2 Å². The third-order valence-corrected chi connectivity index (χ3v) is 8.20. The SMILES string of the molecule is CCCCCCCCOC(=O)C(CC(=O)OCCOC(=O)CC(C(=O)OCCCCCCCC)S(=O)(=O)O)S(=O)(=O)O. The molecule has 0 saturated heterocycles. The maximum atomic E-state index is 12.1. The lowest BCUT2D eigenvalue weighted by Crippen LogP contribution is -2.35. The van der Waals surface area contributed by atoms with Gasteiger partial charge in [-0.25, -0.2) is 0 Å². The Balaban J connectivity index is 4.56. The van der Waals surface area contributed by atoms with Gasteiger partial charge in [0.1, 0.15) is 13.2 Å². The van der Waals surface area contributed by atoms with Crippen molar-refractivity contribution in [1.29, 1.82) is 0 Å². The number of hydrogen-bond acceptors (Lipinski definition) is 12. The summed E-state index contributed by atoms with van der Waals surface area (Å²) in [7, 11) is -9.99. The molecule has 0 rings (SSSR count). The maximum absolute atomic E-state index is 12.1. The Morgan fingerprint density at radius 1 is 0.500 bits per heavy atom. The monoisotopic (exact) mass is 646 g/mol. The molecule has 0 aromatic carbocycles. The summed E-state index contributed by atoms with van der Waals surface area (Å²) in [5, 5.41) is -4.41. The largest absolute Gasteiger partial charge is 0.465 e. The first kappa shape index (κ1) is 39.7. The van der Waals surface area contributed by atoms with Crippen molar-refractivity contribution < 1.29 is 64.1 Å². The van der Waals surface area contributed by atoms with E-state index in [1.807, 2.05) is 0 Å². The van der Waals surface area contributed by atoms with Crippen LogP contribution in [0, 0.1) is 0 Å². The number of carbonyl (C=O) groups excluding carboxylic acids is 4. The Labute approximate surface area is 248 Å². The van der Waals surface area contributed by atoms with Crippen LogP contribution in [0.4, 0.5) is 0 Å². The van der Waals surface area contributed by atoms with Gasteiger partial charge in [-0.05, 0) is 12.8 Å². The van der Waals surface area contributed by atoms with Crippen molar-refractivity contribution in [3.8, 4) is 0 Å².